The number of nitrogens with zero attached hydrogens (tertiary/aromatic N) is 1. The summed E-state index contributed by atoms with van der Waals surface area (Å²) in [5, 5.41) is 0. The van der Waals surface area contributed by atoms with E-state index in [1.807, 2.05) is 27.7 Å². The standard InChI is InChI=1S/C10H22F2N2/c1-5-14(9(4)8(2)3)7-10(11,12)6-13/h8-9H,5-7,13H2,1-4H3. The largest absolute Gasteiger partial charge is 0.325 e. The van der Waals surface area contributed by atoms with Gasteiger partial charge in [-0.25, -0.2) is 8.78 Å². The summed E-state index contributed by atoms with van der Waals surface area (Å²) in [5.41, 5.74) is 5.01. The van der Waals surface area contributed by atoms with Crippen LogP contribution in [0, 0.1) is 5.92 Å². The molecule has 0 bridgehead atoms. The predicted octanol–water partition coefficient (Wildman–Crippen LogP) is 1.95. The molecule has 0 rings (SSSR count). The van der Waals surface area contributed by atoms with Gasteiger partial charge in [0.15, 0.2) is 0 Å². The lowest BCUT2D eigenvalue weighted by Crippen LogP contribution is -2.46. The van der Waals surface area contributed by atoms with Crippen molar-refractivity contribution < 1.29 is 8.78 Å². The highest BCUT2D eigenvalue weighted by atomic mass is 19.3. The second kappa shape index (κ2) is 5.61. The van der Waals surface area contributed by atoms with E-state index in [0.29, 0.717) is 12.5 Å². The first-order chi connectivity index (χ1) is 6.34. The van der Waals surface area contributed by atoms with Crippen LogP contribution in [-0.2, 0) is 0 Å². The molecule has 4 heteroatoms. The molecule has 0 aliphatic carbocycles. The highest BCUT2D eigenvalue weighted by Crippen LogP contribution is 2.18. The van der Waals surface area contributed by atoms with Crippen molar-refractivity contribution in [2.75, 3.05) is 19.6 Å². The normalized spacial score (nSPS) is 15.2. The van der Waals surface area contributed by atoms with E-state index in [0.717, 1.165) is 0 Å². The average molecular weight is 208 g/mol. The van der Waals surface area contributed by atoms with Crippen LogP contribution in [0.1, 0.15) is 27.7 Å². The predicted molar refractivity (Wildman–Crippen MR) is 55.5 cm³/mol. The fraction of sp³-hybridized carbons (Fsp3) is 1.00. The number of nitrogens with two attached hydrogens (primary N) is 1. The molecule has 0 aromatic heterocycles. The minimum atomic E-state index is -2.76. The summed E-state index contributed by atoms with van der Waals surface area (Å²) in [7, 11) is 0. The van der Waals surface area contributed by atoms with E-state index in [4.69, 9.17) is 5.73 Å². The topological polar surface area (TPSA) is 29.3 Å². The van der Waals surface area contributed by atoms with Gasteiger partial charge in [0.05, 0.1) is 13.1 Å². The Morgan fingerprint density at radius 2 is 1.79 bits per heavy atom. The molecule has 0 radical (unpaired) electrons. The van der Waals surface area contributed by atoms with E-state index in [9.17, 15) is 8.78 Å². The van der Waals surface area contributed by atoms with E-state index in [2.05, 4.69) is 0 Å². The number of halogens is 2. The van der Waals surface area contributed by atoms with Gasteiger partial charge in [0.1, 0.15) is 0 Å². The van der Waals surface area contributed by atoms with E-state index in [1.165, 1.54) is 0 Å². The zero-order valence-corrected chi connectivity index (χ0v) is 9.56. The molecule has 0 heterocycles. The SMILES string of the molecule is CCN(CC(F)(F)CN)C(C)C(C)C. The summed E-state index contributed by atoms with van der Waals surface area (Å²) < 4.78 is 26.1. The van der Waals surface area contributed by atoms with E-state index in [1.54, 1.807) is 4.90 Å². The molecule has 0 aliphatic heterocycles. The Balaban J connectivity index is 4.29. The molecule has 1 atom stereocenters. The zero-order chi connectivity index (χ0) is 11.4. The van der Waals surface area contributed by atoms with Gasteiger partial charge in [0.2, 0.25) is 0 Å². The van der Waals surface area contributed by atoms with Crippen LogP contribution in [0.15, 0.2) is 0 Å². The Morgan fingerprint density at radius 1 is 1.29 bits per heavy atom. The molecule has 0 aromatic rings. The lowest BCUT2D eigenvalue weighted by Gasteiger charge is -2.33. The van der Waals surface area contributed by atoms with Crippen LogP contribution in [0.4, 0.5) is 8.78 Å². The third-order valence-corrected chi connectivity index (χ3v) is 2.68. The van der Waals surface area contributed by atoms with Crippen LogP contribution in [0.5, 0.6) is 0 Å². The minimum absolute atomic E-state index is 0.164. The lowest BCUT2D eigenvalue weighted by atomic mass is 10.0. The van der Waals surface area contributed by atoms with Gasteiger partial charge in [-0.05, 0) is 19.4 Å². The Kier molecular flexibility index (Phi) is 5.52. The molecule has 86 valence electrons. The third kappa shape index (κ3) is 4.33. The van der Waals surface area contributed by atoms with Crippen molar-refractivity contribution in [3.63, 3.8) is 0 Å². The Morgan fingerprint density at radius 3 is 2.07 bits per heavy atom. The molecular formula is C10H22F2N2. The summed E-state index contributed by atoms with van der Waals surface area (Å²) in [6, 6.07) is 0.164. The van der Waals surface area contributed by atoms with Gasteiger partial charge in [0, 0.05) is 6.04 Å². The molecule has 1 unspecified atom stereocenters. The van der Waals surface area contributed by atoms with Crippen LogP contribution in [0.2, 0.25) is 0 Å². The van der Waals surface area contributed by atoms with Gasteiger partial charge in [-0.3, -0.25) is 4.90 Å². The van der Waals surface area contributed by atoms with Gasteiger partial charge < -0.3 is 5.73 Å². The van der Waals surface area contributed by atoms with Crippen molar-refractivity contribution in [3.05, 3.63) is 0 Å². The maximum atomic E-state index is 13.0. The van der Waals surface area contributed by atoms with Crippen molar-refractivity contribution in [2.24, 2.45) is 11.7 Å². The van der Waals surface area contributed by atoms with Crippen LogP contribution in [0.25, 0.3) is 0 Å². The smallest absolute Gasteiger partial charge is 0.272 e. The Hall–Kier alpha value is -0.220. The fourth-order valence-corrected chi connectivity index (χ4v) is 1.33. The maximum absolute atomic E-state index is 13.0. The third-order valence-electron chi connectivity index (χ3n) is 2.68. The van der Waals surface area contributed by atoms with Gasteiger partial charge >= 0.3 is 0 Å². The highest BCUT2D eigenvalue weighted by Gasteiger charge is 2.31. The molecule has 0 spiro atoms. The van der Waals surface area contributed by atoms with Crippen molar-refractivity contribution in [1.82, 2.24) is 4.90 Å². The molecule has 0 saturated heterocycles. The number of rotatable bonds is 6. The van der Waals surface area contributed by atoms with Crippen LogP contribution in [-0.4, -0.2) is 36.5 Å². The summed E-state index contributed by atoms with van der Waals surface area (Å²) in [5.74, 6) is -2.39. The van der Waals surface area contributed by atoms with E-state index >= 15 is 0 Å². The maximum Gasteiger partial charge on any atom is 0.272 e. The molecule has 0 amide bonds. The summed E-state index contributed by atoms with van der Waals surface area (Å²) in [6.07, 6.45) is 0. The zero-order valence-electron chi connectivity index (χ0n) is 9.56. The number of hydrogen-bond acceptors (Lipinski definition) is 2. The second-order valence-electron chi connectivity index (χ2n) is 4.11. The van der Waals surface area contributed by atoms with Crippen LogP contribution in [0.3, 0.4) is 0 Å². The molecule has 14 heavy (non-hydrogen) atoms. The van der Waals surface area contributed by atoms with Crippen molar-refractivity contribution >= 4 is 0 Å². The molecule has 0 saturated carbocycles. The van der Waals surface area contributed by atoms with Crippen molar-refractivity contribution in [1.29, 1.82) is 0 Å². The van der Waals surface area contributed by atoms with Crippen LogP contribution < -0.4 is 5.73 Å². The molecular weight excluding hydrogens is 186 g/mol. The summed E-state index contributed by atoms with van der Waals surface area (Å²) in [4.78, 5) is 1.78. The first-order valence-corrected chi connectivity index (χ1v) is 5.16. The molecule has 2 nitrogen and oxygen atoms in total. The highest BCUT2D eigenvalue weighted by molar-refractivity contribution is 4.77. The monoisotopic (exact) mass is 208 g/mol. The average Bonchev–Trinajstić information content (AvgIpc) is 2.13. The van der Waals surface area contributed by atoms with Crippen molar-refractivity contribution in [3.8, 4) is 0 Å². The summed E-state index contributed by atoms with van der Waals surface area (Å²) in [6.45, 7) is 7.76. The quantitative estimate of drug-likeness (QED) is 0.723. The second-order valence-corrected chi connectivity index (χ2v) is 4.11. The van der Waals surface area contributed by atoms with Crippen molar-refractivity contribution in [2.45, 2.75) is 39.7 Å². The van der Waals surface area contributed by atoms with E-state index in [-0.39, 0.29) is 12.6 Å². The van der Waals surface area contributed by atoms with E-state index < -0.39 is 12.5 Å². The number of alkyl halides is 2. The van der Waals surface area contributed by atoms with Gasteiger partial charge in [0.25, 0.3) is 5.92 Å². The minimum Gasteiger partial charge on any atom is -0.325 e. The molecule has 0 fully saturated rings. The lowest BCUT2D eigenvalue weighted by molar-refractivity contribution is -0.0357. The Labute approximate surface area is 85.5 Å². The van der Waals surface area contributed by atoms with Gasteiger partial charge in [-0.15, -0.1) is 0 Å². The molecule has 0 aliphatic rings. The fourth-order valence-electron chi connectivity index (χ4n) is 1.33. The molecule has 0 aromatic carbocycles. The molecule has 2 N–H and O–H groups in total. The van der Waals surface area contributed by atoms with Gasteiger partial charge in [-0.2, -0.15) is 0 Å². The van der Waals surface area contributed by atoms with Gasteiger partial charge in [-0.1, -0.05) is 20.8 Å². The number of hydrogen-bond donors (Lipinski definition) is 1. The summed E-state index contributed by atoms with van der Waals surface area (Å²) >= 11 is 0. The first-order valence-electron chi connectivity index (χ1n) is 5.16. The van der Waals surface area contributed by atoms with Crippen LogP contribution >= 0.6 is 0 Å². The first kappa shape index (κ1) is 13.8. The Bertz CT molecular complexity index is 160.